The molecular formula is C28H26FN3O4. The normalized spacial score (nSPS) is 14.1. The van der Waals surface area contributed by atoms with E-state index in [1.54, 1.807) is 36.3 Å². The largest absolute Gasteiger partial charge is 0.497 e. The van der Waals surface area contributed by atoms with Gasteiger partial charge in [0, 0.05) is 43.8 Å². The Morgan fingerprint density at radius 1 is 1.03 bits per heavy atom. The summed E-state index contributed by atoms with van der Waals surface area (Å²) in [7, 11) is 1.61. The highest BCUT2D eigenvalue weighted by molar-refractivity contribution is 5.95. The first-order chi connectivity index (χ1) is 17.5. The Labute approximate surface area is 207 Å². The number of nitrogens with zero attached hydrogens (tertiary/aromatic N) is 2. The molecule has 1 amide bonds. The molecular weight excluding hydrogens is 461 g/mol. The lowest BCUT2D eigenvalue weighted by molar-refractivity contribution is 0.0591. The Bertz CT molecular complexity index is 1460. The van der Waals surface area contributed by atoms with Crippen LogP contribution in [0.25, 0.3) is 10.8 Å². The lowest BCUT2D eigenvalue weighted by Crippen LogP contribution is -2.42. The maximum atomic E-state index is 14.7. The summed E-state index contributed by atoms with van der Waals surface area (Å²) in [5.74, 6) is 0.549. The summed E-state index contributed by atoms with van der Waals surface area (Å²) in [6, 6.07) is 19.2. The number of carbonyl (C=O) groups excluding carboxylic acids is 1. The van der Waals surface area contributed by atoms with E-state index >= 15 is 0 Å². The van der Waals surface area contributed by atoms with Gasteiger partial charge in [-0.2, -0.15) is 5.10 Å². The second-order valence-electron chi connectivity index (χ2n) is 8.82. The van der Waals surface area contributed by atoms with Gasteiger partial charge in [-0.15, -0.1) is 0 Å². The molecule has 1 aromatic heterocycles. The van der Waals surface area contributed by atoms with Crippen LogP contribution in [-0.2, 0) is 6.42 Å². The van der Waals surface area contributed by atoms with Gasteiger partial charge >= 0.3 is 0 Å². The number of amides is 1. The Kier molecular flexibility index (Phi) is 6.66. The van der Waals surface area contributed by atoms with Crippen molar-refractivity contribution < 1.29 is 18.7 Å². The van der Waals surface area contributed by atoms with Crippen molar-refractivity contribution in [3.8, 4) is 11.5 Å². The van der Waals surface area contributed by atoms with Crippen molar-refractivity contribution in [2.75, 3.05) is 20.2 Å². The van der Waals surface area contributed by atoms with E-state index in [1.165, 1.54) is 6.07 Å². The number of H-pyrrole nitrogens is 1. The van der Waals surface area contributed by atoms with Gasteiger partial charge in [0.2, 0.25) is 0 Å². The van der Waals surface area contributed by atoms with E-state index in [0.717, 1.165) is 22.4 Å². The van der Waals surface area contributed by atoms with Crippen molar-refractivity contribution in [3.05, 3.63) is 99.7 Å². The molecule has 1 aliphatic heterocycles. The van der Waals surface area contributed by atoms with Gasteiger partial charge in [0.15, 0.2) is 0 Å². The number of carbonyl (C=O) groups is 1. The van der Waals surface area contributed by atoms with E-state index in [1.807, 2.05) is 36.4 Å². The van der Waals surface area contributed by atoms with Crippen LogP contribution in [0.15, 0.2) is 71.5 Å². The second-order valence-corrected chi connectivity index (χ2v) is 8.82. The quantitative estimate of drug-likeness (QED) is 0.437. The maximum absolute atomic E-state index is 14.7. The maximum Gasteiger partial charge on any atom is 0.272 e. The molecule has 0 bridgehead atoms. The molecule has 1 fully saturated rings. The molecule has 8 heteroatoms. The van der Waals surface area contributed by atoms with Gasteiger partial charge in [-0.3, -0.25) is 9.59 Å². The molecule has 0 atom stereocenters. The minimum Gasteiger partial charge on any atom is -0.497 e. The molecule has 184 valence electrons. The van der Waals surface area contributed by atoms with Crippen LogP contribution < -0.4 is 15.0 Å². The van der Waals surface area contributed by atoms with E-state index in [0.29, 0.717) is 43.4 Å². The highest BCUT2D eigenvalue weighted by Crippen LogP contribution is 2.25. The predicted molar refractivity (Wildman–Crippen MR) is 134 cm³/mol. The summed E-state index contributed by atoms with van der Waals surface area (Å²) in [6.45, 7) is 0.951. The number of halogens is 1. The van der Waals surface area contributed by atoms with Crippen LogP contribution in [0.4, 0.5) is 4.39 Å². The Hall–Kier alpha value is -4.20. The zero-order valence-corrected chi connectivity index (χ0v) is 19.9. The number of aromatic amines is 1. The van der Waals surface area contributed by atoms with Crippen LogP contribution in [0.5, 0.6) is 11.5 Å². The van der Waals surface area contributed by atoms with Crippen LogP contribution in [0.3, 0.4) is 0 Å². The first-order valence-electron chi connectivity index (χ1n) is 11.9. The van der Waals surface area contributed by atoms with Crippen molar-refractivity contribution in [1.29, 1.82) is 0 Å². The molecule has 1 aliphatic rings. The summed E-state index contributed by atoms with van der Waals surface area (Å²) in [4.78, 5) is 26.9. The topological polar surface area (TPSA) is 84.5 Å². The number of hydrogen-bond acceptors (Lipinski definition) is 5. The van der Waals surface area contributed by atoms with Crippen molar-refractivity contribution in [2.45, 2.75) is 25.4 Å². The average molecular weight is 488 g/mol. The third kappa shape index (κ3) is 4.93. The predicted octanol–water partition coefficient (Wildman–Crippen LogP) is 4.35. The fraction of sp³-hybridized carbons (Fsp3) is 0.250. The highest BCUT2D eigenvalue weighted by Gasteiger charge is 2.26. The molecule has 4 aromatic rings. The number of rotatable bonds is 6. The summed E-state index contributed by atoms with van der Waals surface area (Å²) >= 11 is 0. The number of likely N-dealkylation sites (tertiary alicyclic amines) is 1. The smallest absolute Gasteiger partial charge is 0.272 e. The molecule has 1 saturated heterocycles. The van der Waals surface area contributed by atoms with Gasteiger partial charge in [-0.1, -0.05) is 30.3 Å². The zero-order valence-electron chi connectivity index (χ0n) is 19.9. The minimum absolute atomic E-state index is 0.0306. The molecule has 0 spiro atoms. The molecule has 0 saturated carbocycles. The summed E-state index contributed by atoms with van der Waals surface area (Å²) < 4.78 is 26.0. The molecule has 1 N–H and O–H groups in total. The van der Waals surface area contributed by atoms with Gasteiger partial charge in [0.25, 0.3) is 11.5 Å². The number of nitrogens with one attached hydrogen (secondary N) is 1. The van der Waals surface area contributed by atoms with Gasteiger partial charge < -0.3 is 14.4 Å². The fourth-order valence-corrected chi connectivity index (χ4v) is 4.56. The molecule has 2 heterocycles. The number of aromatic nitrogens is 2. The highest BCUT2D eigenvalue weighted by atomic mass is 19.1. The monoisotopic (exact) mass is 487 g/mol. The summed E-state index contributed by atoms with van der Waals surface area (Å²) in [5, 5.41) is 7.99. The van der Waals surface area contributed by atoms with E-state index in [-0.39, 0.29) is 23.1 Å². The molecule has 7 nitrogen and oxygen atoms in total. The van der Waals surface area contributed by atoms with E-state index in [9.17, 15) is 14.0 Å². The average Bonchev–Trinajstić information content (AvgIpc) is 2.91. The molecule has 5 rings (SSSR count). The molecule has 36 heavy (non-hydrogen) atoms. The number of fused-ring (bicyclic) bond motifs is 1. The fourth-order valence-electron chi connectivity index (χ4n) is 4.56. The van der Waals surface area contributed by atoms with E-state index < -0.39 is 5.82 Å². The minimum atomic E-state index is -0.558. The van der Waals surface area contributed by atoms with Crippen molar-refractivity contribution in [3.63, 3.8) is 0 Å². The van der Waals surface area contributed by atoms with Crippen LogP contribution in [0.1, 0.15) is 34.5 Å². The van der Waals surface area contributed by atoms with Crippen molar-refractivity contribution in [2.24, 2.45) is 0 Å². The molecule has 0 aliphatic carbocycles. The third-order valence-corrected chi connectivity index (χ3v) is 6.48. The Morgan fingerprint density at radius 2 is 1.78 bits per heavy atom. The Balaban J connectivity index is 1.28. The van der Waals surface area contributed by atoms with Gasteiger partial charge in [0.1, 0.15) is 23.4 Å². The molecule has 0 unspecified atom stereocenters. The standard InChI is InChI=1S/C28H26FN3O4/c1-35-20-5-4-6-21(17-20)36-19-11-13-32(14-12-19)28(34)24-15-18(9-10-25(24)29)16-26-22-7-2-3-8-23(22)27(33)31-30-26/h2-10,15,17,19H,11-14,16H2,1H3,(H,31,33). The van der Waals surface area contributed by atoms with Gasteiger partial charge in [0.05, 0.1) is 23.8 Å². The van der Waals surface area contributed by atoms with Gasteiger partial charge in [-0.05, 0) is 35.9 Å². The number of hydrogen-bond donors (Lipinski definition) is 1. The van der Waals surface area contributed by atoms with Crippen LogP contribution in [0, 0.1) is 5.82 Å². The van der Waals surface area contributed by atoms with Crippen LogP contribution in [0.2, 0.25) is 0 Å². The van der Waals surface area contributed by atoms with Crippen LogP contribution in [-0.4, -0.2) is 47.3 Å². The number of methoxy groups -OCH3 is 1. The number of benzene rings is 3. The molecule has 0 radical (unpaired) electrons. The summed E-state index contributed by atoms with van der Waals surface area (Å²) in [6.07, 6.45) is 1.63. The SMILES string of the molecule is COc1cccc(OC2CCN(C(=O)c3cc(Cc4n[nH]c(=O)c5ccccc45)ccc3F)CC2)c1. The van der Waals surface area contributed by atoms with Gasteiger partial charge in [-0.25, -0.2) is 9.49 Å². The molecule has 3 aromatic carbocycles. The summed E-state index contributed by atoms with van der Waals surface area (Å²) in [5.41, 5.74) is 1.17. The first-order valence-corrected chi connectivity index (χ1v) is 11.9. The zero-order chi connectivity index (χ0) is 25.1. The number of piperidine rings is 1. The third-order valence-electron chi connectivity index (χ3n) is 6.48. The van der Waals surface area contributed by atoms with Crippen molar-refractivity contribution >= 4 is 16.7 Å². The Morgan fingerprint density at radius 3 is 2.56 bits per heavy atom. The van der Waals surface area contributed by atoms with Crippen molar-refractivity contribution in [1.82, 2.24) is 15.1 Å². The van der Waals surface area contributed by atoms with E-state index in [2.05, 4.69) is 10.2 Å². The number of ether oxygens (including phenoxy) is 2. The van der Waals surface area contributed by atoms with Crippen LogP contribution >= 0.6 is 0 Å². The lowest BCUT2D eigenvalue weighted by atomic mass is 10.0. The van der Waals surface area contributed by atoms with E-state index in [4.69, 9.17) is 9.47 Å². The second kappa shape index (κ2) is 10.2. The first kappa shape index (κ1) is 23.5. The lowest BCUT2D eigenvalue weighted by Gasteiger charge is -2.32.